The Hall–Kier alpha value is -1.30. The van der Waals surface area contributed by atoms with Gasteiger partial charge in [-0.1, -0.05) is 62.4 Å². The molecule has 0 heterocycles. The van der Waals surface area contributed by atoms with Gasteiger partial charge in [0.25, 0.3) is 0 Å². The van der Waals surface area contributed by atoms with Crippen LogP contribution in [0.3, 0.4) is 0 Å². The SMILES string of the molecule is CC/C=C\C1(C)CC=Cc2ccccc2C1. The Morgan fingerprint density at radius 1 is 1.31 bits per heavy atom. The highest BCUT2D eigenvalue weighted by atomic mass is 14.3. The van der Waals surface area contributed by atoms with Crippen LogP contribution in [0.1, 0.15) is 37.8 Å². The highest BCUT2D eigenvalue weighted by Gasteiger charge is 2.22. The van der Waals surface area contributed by atoms with E-state index in [9.17, 15) is 0 Å². The van der Waals surface area contributed by atoms with Gasteiger partial charge in [-0.05, 0) is 35.8 Å². The summed E-state index contributed by atoms with van der Waals surface area (Å²) in [7, 11) is 0. The molecule has 1 unspecified atom stereocenters. The molecule has 1 aliphatic carbocycles. The lowest BCUT2D eigenvalue weighted by Crippen LogP contribution is -2.15. The quantitative estimate of drug-likeness (QED) is 0.627. The molecule has 0 radical (unpaired) electrons. The molecular weight excluding hydrogens is 192 g/mol. The predicted molar refractivity (Wildman–Crippen MR) is 71.3 cm³/mol. The second kappa shape index (κ2) is 4.69. The van der Waals surface area contributed by atoms with Gasteiger partial charge in [0.1, 0.15) is 0 Å². The van der Waals surface area contributed by atoms with Crippen LogP contribution in [0.2, 0.25) is 0 Å². The van der Waals surface area contributed by atoms with E-state index in [0.717, 1.165) is 19.3 Å². The summed E-state index contributed by atoms with van der Waals surface area (Å²) in [6.07, 6.45) is 12.7. The molecule has 0 bridgehead atoms. The third-order valence-electron chi connectivity index (χ3n) is 3.29. The van der Waals surface area contributed by atoms with Gasteiger partial charge >= 0.3 is 0 Å². The first-order valence-electron chi connectivity index (χ1n) is 6.16. The van der Waals surface area contributed by atoms with Crippen molar-refractivity contribution in [3.05, 3.63) is 53.6 Å². The van der Waals surface area contributed by atoms with E-state index in [4.69, 9.17) is 0 Å². The van der Waals surface area contributed by atoms with Crippen LogP contribution in [0.25, 0.3) is 6.08 Å². The van der Waals surface area contributed by atoms with Crippen molar-refractivity contribution in [1.29, 1.82) is 0 Å². The van der Waals surface area contributed by atoms with Crippen molar-refractivity contribution in [3.8, 4) is 0 Å². The van der Waals surface area contributed by atoms with E-state index in [2.05, 4.69) is 62.4 Å². The molecule has 0 aromatic heterocycles. The standard InChI is InChI=1S/C16H20/c1-3-4-11-16(2)12-7-10-14-8-5-6-9-15(14)13-16/h4-11H,3,12-13H2,1-2H3/b11-4-. The van der Waals surface area contributed by atoms with Crippen LogP contribution in [0, 0.1) is 5.41 Å². The zero-order valence-corrected chi connectivity index (χ0v) is 10.2. The lowest BCUT2D eigenvalue weighted by Gasteiger charge is -2.24. The van der Waals surface area contributed by atoms with Gasteiger partial charge in [0.05, 0.1) is 0 Å². The number of hydrogen-bond donors (Lipinski definition) is 0. The molecule has 1 atom stereocenters. The van der Waals surface area contributed by atoms with Crippen LogP contribution in [0.5, 0.6) is 0 Å². The molecular formula is C16H20. The average molecular weight is 212 g/mol. The molecule has 0 aliphatic heterocycles. The Kier molecular flexibility index (Phi) is 3.28. The molecule has 0 heteroatoms. The summed E-state index contributed by atoms with van der Waals surface area (Å²) in [4.78, 5) is 0. The zero-order chi connectivity index (χ0) is 11.4. The van der Waals surface area contributed by atoms with E-state index < -0.39 is 0 Å². The van der Waals surface area contributed by atoms with Crippen molar-refractivity contribution in [1.82, 2.24) is 0 Å². The molecule has 1 aromatic carbocycles. The number of hydrogen-bond acceptors (Lipinski definition) is 0. The largest absolute Gasteiger partial charge is 0.0882 e. The number of allylic oxidation sites excluding steroid dienone is 3. The maximum atomic E-state index is 2.39. The minimum absolute atomic E-state index is 0.291. The van der Waals surface area contributed by atoms with Crippen molar-refractivity contribution in [2.45, 2.75) is 33.1 Å². The lowest BCUT2D eigenvalue weighted by molar-refractivity contribution is 0.432. The fourth-order valence-electron chi connectivity index (χ4n) is 2.35. The first-order chi connectivity index (χ1) is 7.73. The smallest absolute Gasteiger partial charge is 0.00714 e. The summed E-state index contributed by atoms with van der Waals surface area (Å²) in [5, 5.41) is 0. The second-order valence-corrected chi connectivity index (χ2v) is 4.95. The Bertz CT molecular complexity index is 412. The van der Waals surface area contributed by atoms with Gasteiger partial charge in [0.2, 0.25) is 0 Å². The van der Waals surface area contributed by atoms with Crippen LogP contribution in [-0.2, 0) is 6.42 Å². The molecule has 0 amide bonds. The molecule has 0 saturated carbocycles. The molecule has 2 rings (SSSR count). The predicted octanol–water partition coefficient (Wildman–Crippen LogP) is 4.62. The van der Waals surface area contributed by atoms with Crippen LogP contribution in [-0.4, -0.2) is 0 Å². The molecule has 16 heavy (non-hydrogen) atoms. The van der Waals surface area contributed by atoms with Gasteiger partial charge in [0.15, 0.2) is 0 Å². The molecule has 0 saturated heterocycles. The van der Waals surface area contributed by atoms with Crippen molar-refractivity contribution in [3.63, 3.8) is 0 Å². The maximum absolute atomic E-state index is 2.39. The summed E-state index contributed by atoms with van der Waals surface area (Å²) < 4.78 is 0. The topological polar surface area (TPSA) is 0 Å². The number of rotatable bonds is 2. The van der Waals surface area contributed by atoms with E-state index >= 15 is 0 Å². The van der Waals surface area contributed by atoms with Crippen molar-refractivity contribution >= 4 is 6.08 Å². The van der Waals surface area contributed by atoms with Crippen LogP contribution in [0.4, 0.5) is 0 Å². The van der Waals surface area contributed by atoms with E-state index in [1.807, 2.05) is 0 Å². The number of benzene rings is 1. The molecule has 84 valence electrons. The summed E-state index contributed by atoms with van der Waals surface area (Å²) in [6.45, 7) is 4.55. The summed E-state index contributed by atoms with van der Waals surface area (Å²) in [6, 6.07) is 8.72. The monoisotopic (exact) mass is 212 g/mol. The highest BCUT2D eigenvalue weighted by Crippen LogP contribution is 2.33. The van der Waals surface area contributed by atoms with Gasteiger partial charge in [-0.2, -0.15) is 0 Å². The van der Waals surface area contributed by atoms with Gasteiger partial charge < -0.3 is 0 Å². The molecule has 0 fully saturated rings. The minimum Gasteiger partial charge on any atom is -0.0882 e. The Morgan fingerprint density at radius 2 is 2.12 bits per heavy atom. The lowest BCUT2D eigenvalue weighted by atomic mass is 9.81. The Morgan fingerprint density at radius 3 is 2.94 bits per heavy atom. The number of fused-ring (bicyclic) bond motifs is 1. The van der Waals surface area contributed by atoms with Crippen molar-refractivity contribution < 1.29 is 0 Å². The van der Waals surface area contributed by atoms with Crippen LogP contribution in [0.15, 0.2) is 42.5 Å². The van der Waals surface area contributed by atoms with E-state index in [0.29, 0.717) is 5.41 Å². The van der Waals surface area contributed by atoms with Gasteiger partial charge in [-0.15, -0.1) is 0 Å². The second-order valence-electron chi connectivity index (χ2n) is 4.95. The van der Waals surface area contributed by atoms with Crippen LogP contribution < -0.4 is 0 Å². The van der Waals surface area contributed by atoms with Gasteiger partial charge in [0, 0.05) is 0 Å². The summed E-state index contributed by atoms with van der Waals surface area (Å²) in [5.41, 5.74) is 3.15. The zero-order valence-electron chi connectivity index (χ0n) is 10.2. The van der Waals surface area contributed by atoms with Gasteiger partial charge in [-0.3, -0.25) is 0 Å². The first-order valence-corrected chi connectivity index (χ1v) is 6.16. The molecule has 0 nitrogen and oxygen atoms in total. The fraction of sp³-hybridized carbons (Fsp3) is 0.375. The maximum Gasteiger partial charge on any atom is -0.00714 e. The molecule has 0 N–H and O–H groups in total. The normalized spacial score (nSPS) is 24.4. The third kappa shape index (κ3) is 2.44. The summed E-state index contributed by atoms with van der Waals surface area (Å²) >= 11 is 0. The van der Waals surface area contributed by atoms with Crippen LogP contribution >= 0.6 is 0 Å². The Labute approximate surface area is 98.7 Å². The fourth-order valence-corrected chi connectivity index (χ4v) is 2.35. The Balaban J connectivity index is 2.30. The molecule has 1 aliphatic rings. The highest BCUT2D eigenvalue weighted by molar-refractivity contribution is 5.55. The first kappa shape index (κ1) is 11.2. The van der Waals surface area contributed by atoms with E-state index in [1.54, 1.807) is 0 Å². The molecule has 0 spiro atoms. The summed E-state index contributed by atoms with van der Waals surface area (Å²) in [5.74, 6) is 0. The van der Waals surface area contributed by atoms with Gasteiger partial charge in [-0.25, -0.2) is 0 Å². The third-order valence-corrected chi connectivity index (χ3v) is 3.29. The minimum atomic E-state index is 0.291. The van der Waals surface area contributed by atoms with Crippen molar-refractivity contribution in [2.75, 3.05) is 0 Å². The molecule has 1 aromatic rings. The van der Waals surface area contributed by atoms with E-state index in [-0.39, 0.29) is 0 Å². The van der Waals surface area contributed by atoms with E-state index in [1.165, 1.54) is 11.1 Å². The average Bonchev–Trinajstić information content (AvgIpc) is 2.45. The van der Waals surface area contributed by atoms with Crippen molar-refractivity contribution in [2.24, 2.45) is 5.41 Å².